The molecule has 3 saturated heterocycles. The molecule has 1 aromatic heterocycles. The van der Waals surface area contributed by atoms with Gasteiger partial charge in [-0.25, -0.2) is 4.79 Å². The third-order valence-electron chi connectivity index (χ3n) is 9.63. The molecule has 3 fully saturated rings. The molecular weight excluding hydrogens is 626 g/mol. The van der Waals surface area contributed by atoms with E-state index >= 15 is 0 Å². The number of rotatable bonds is 9. The first kappa shape index (κ1) is 34.5. The quantitative estimate of drug-likeness (QED) is 0.265. The molecule has 0 radical (unpaired) electrons. The third kappa shape index (κ3) is 7.93. The van der Waals surface area contributed by atoms with E-state index in [0.717, 1.165) is 31.5 Å². The number of nitrogens with one attached hydrogen (secondary N) is 2. The molecule has 3 aliphatic rings. The zero-order chi connectivity index (χ0) is 34.5. The standard InChI is InChI=1S/C35H47N9O5/c1-23(2)41-14-16-42(17-15-41)32(47)26-6-10-28(11-7-26)37-35(48)36-27-8-4-25(5-9-27)31-38-33(43-18-19-49-22-24(43)3)40-34(39-31)44-29(20-45)12-13-30(44)21-46/h4-11,23-24,29-30,45-46H,12-22H2,1-3H3,(H2,36,37,48). The maximum Gasteiger partial charge on any atom is 0.323 e. The number of piperazine rings is 1. The lowest BCUT2D eigenvalue weighted by molar-refractivity contribution is 0.0595. The monoisotopic (exact) mass is 673 g/mol. The number of aliphatic hydroxyl groups is 2. The van der Waals surface area contributed by atoms with Crippen LogP contribution < -0.4 is 20.4 Å². The zero-order valence-corrected chi connectivity index (χ0v) is 28.5. The predicted molar refractivity (Wildman–Crippen MR) is 188 cm³/mol. The molecule has 14 nitrogen and oxygen atoms in total. The first-order chi connectivity index (χ1) is 23.7. The molecule has 14 heteroatoms. The summed E-state index contributed by atoms with van der Waals surface area (Å²) >= 11 is 0. The third-order valence-corrected chi connectivity index (χ3v) is 9.63. The van der Waals surface area contributed by atoms with Crippen molar-refractivity contribution in [3.05, 3.63) is 54.1 Å². The van der Waals surface area contributed by atoms with Gasteiger partial charge in [-0.15, -0.1) is 0 Å². The number of amides is 3. The van der Waals surface area contributed by atoms with Gasteiger partial charge in [0.2, 0.25) is 11.9 Å². The highest BCUT2D eigenvalue weighted by Crippen LogP contribution is 2.31. The molecule has 0 spiro atoms. The fourth-order valence-electron chi connectivity index (χ4n) is 6.71. The number of aromatic nitrogens is 3. The van der Waals surface area contributed by atoms with Crippen LogP contribution in [0.2, 0.25) is 0 Å². The van der Waals surface area contributed by atoms with E-state index in [1.54, 1.807) is 36.4 Å². The average Bonchev–Trinajstić information content (AvgIpc) is 3.55. The smallest absolute Gasteiger partial charge is 0.323 e. The number of urea groups is 1. The highest BCUT2D eigenvalue weighted by atomic mass is 16.5. The van der Waals surface area contributed by atoms with Gasteiger partial charge in [-0.1, -0.05) is 0 Å². The van der Waals surface area contributed by atoms with Crippen molar-refractivity contribution in [2.45, 2.75) is 57.8 Å². The van der Waals surface area contributed by atoms with E-state index in [9.17, 15) is 19.8 Å². The number of carbonyl (C=O) groups is 2. The van der Waals surface area contributed by atoms with Gasteiger partial charge in [-0.2, -0.15) is 15.0 Å². The lowest BCUT2D eigenvalue weighted by atomic mass is 10.1. The molecule has 2 aromatic carbocycles. The number of morpholine rings is 1. The van der Waals surface area contributed by atoms with E-state index < -0.39 is 6.03 Å². The average molecular weight is 674 g/mol. The molecule has 3 aromatic rings. The van der Waals surface area contributed by atoms with Crippen LogP contribution in [0.15, 0.2) is 48.5 Å². The Morgan fingerprint density at radius 3 is 2.00 bits per heavy atom. The molecule has 3 unspecified atom stereocenters. The minimum Gasteiger partial charge on any atom is -0.394 e. The Kier molecular flexibility index (Phi) is 10.9. The Hall–Kier alpha value is -4.37. The molecule has 0 bridgehead atoms. The van der Waals surface area contributed by atoms with Gasteiger partial charge in [0.25, 0.3) is 5.91 Å². The molecule has 3 aliphatic heterocycles. The number of carbonyl (C=O) groups excluding carboxylic acids is 2. The van der Waals surface area contributed by atoms with Crippen molar-refractivity contribution in [3.63, 3.8) is 0 Å². The molecule has 3 amide bonds. The van der Waals surface area contributed by atoms with E-state index in [4.69, 9.17) is 19.7 Å². The van der Waals surface area contributed by atoms with Crippen molar-refractivity contribution < 1.29 is 24.5 Å². The normalized spacial score (nSPS) is 21.7. The highest BCUT2D eigenvalue weighted by molar-refractivity contribution is 6.00. The van der Waals surface area contributed by atoms with E-state index in [0.29, 0.717) is 73.5 Å². The Bertz CT molecular complexity index is 1570. The van der Waals surface area contributed by atoms with E-state index in [1.165, 1.54) is 0 Å². The Morgan fingerprint density at radius 1 is 0.837 bits per heavy atom. The molecule has 6 rings (SSSR count). The second-order valence-electron chi connectivity index (χ2n) is 13.2. The van der Waals surface area contributed by atoms with Crippen molar-refractivity contribution in [2.75, 3.05) is 79.6 Å². The minimum atomic E-state index is -0.415. The van der Waals surface area contributed by atoms with Crippen molar-refractivity contribution in [3.8, 4) is 11.4 Å². The maximum absolute atomic E-state index is 13.0. The lowest BCUT2D eigenvalue weighted by Gasteiger charge is -2.37. The fourth-order valence-corrected chi connectivity index (χ4v) is 6.71. The summed E-state index contributed by atoms with van der Waals surface area (Å²) in [7, 11) is 0. The number of ether oxygens (including phenoxy) is 1. The summed E-state index contributed by atoms with van der Waals surface area (Å²) in [6, 6.07) is 13.9. The maximum atomic E-state index is 13.0. The van der Waals surface area contributed by atoms with E-state index in [1.807, 2.05) is 21.9 Å². The number of benzene rings is 2. The second kappa shape index (κ2) is 15.5. The van der Waals surface area contributed by atoms with Crippen LogP contribution >= 0.6 is 0 Å². The first-order valence-electron chi connectivity index (χ1n) is 17.2. The van der Waals surface area contributed by atoms with Crippen LogP contribution in [0.1, 0.15) is 44.0 Å². The van der Waals surface area contributed by atoms with Gasteiger partial charge in [0.05, 0.1) is 44.6 Å². The summed E-state index contributed by atoms with van der Waals surface area (Å²) in [4.78, 5) is 48.5. The van der Waals surface area contributed by atoms with E-state index in [2.05, 4.69) is 41.2 Å². The molecule has 4 heterocycles. The van der Waals surface area contributed by atoms with Crippen LogP contribution in [0.25, 0.3) is 11.4 Å². The molecule has 262 valence electrons. The van der Waals surface area contributed by atoms with Crippen LogP contribution in [0.3, 0.4) is 0 Å². The summed E-state index contributed by atoms with van der Waals surface area (Å²) in [5, 5.41) is 25.8. The molecule has 0 aliphatic carbocycles. The Labute approximate surface area is 287 Å². The molecule has 0 saturated carbocycles. The SMILES string of the molecule is CC(C)N1CCN(C(=O)c2ccc(NC(=O)Nc3ccc(-c4nc(N5CCOCC5C)nc(N5C(CO)CCC5CO)n4)cc3)cc2)CC1. The van der Waals surface area contributed by atoms with Gasteiger partial charge < -0.3 is 40.3 Å². The summed E-state index contributed by atoms with van der Waals surface area (Å²) in [6.07, 6.45) is 1.46. The predicted octanol–water partition coefficient (Wildman–Crippen LogP) is 2.90. The Balaban J connectivity index is 1.12. The topological polar surface area (TPSA) is 160 Å². The number of hydrogen-bond acceptors (Lipinski definition) is 11. The largest absolute Gasteiger partial charge is 0.394 e. The van der Waals surface area contributed by atoms with E-state index in [-0.39, 0.29) is 37.2 Å². The zero-order valence-electron chi connectivity index (χ0n) is 28.5. The summed E-state index contributed by atoms with van der Waals surface area (Å²) < 4.78 is 5.63. The van der Waals surface area contributed by atoms with Gasteiger partial charge in [0.1, 0.15) is 0 Å². The second-order valence-corrected chi connectivity index (χ2v) is 13.2. The van der Waals surface area contributed by atoms with Crippen LogP contribution in [0.4, 0.5) is 28.1 Å². The van der Waals surface area contributed by atoms with Gasteiger partial charge in [0, 0.05) is 61.3 Å². The van der Waals surface area contributed by atoms with Crippen molar-refractivity contribution in [1.82, 2.24) is 24.8 Å². The Morgan fingerprint density at radius 2 is 1.43 bits per heavy atom. The number of nitrogens with zero attached hydrogens (tertiary/aromatic N) is 7. The van der Waals surface area contributed by atoms with Gasteiger partial charge in [-0.05, 0) is 82.1 Å². The number of hydrogen-bond donors (Lipinski definition) is 4. The lowest BCUT2D eigenvalue weighted by Crippen LogP contribution is -2.50. The van der Waals surface area contributed by atoms with Crippen LogP contribution in [0.5, 0.6) is 0 Å². The van der Waals surface area contributed by atoms with Crippen LogP contribution in [0, 0.1) is 0 Å². The fraction of sp³-hybridized carbons (Fsp3) is 0.514. The van der Waals surface area contributed by atoms with Crippen LogP contribution in [-0.2, 0) is 4.74 Å². The molecule has 3 atom stereocenters. The minimum absolute atomic E-state index is 0.00164. The van der Waals surface area contributed by atoms with Crippen molar-refractivity contribution >= 4 is 35.2 Å². The first-order valence-corrected chi connectivity index (χ1v) is 17.2. The van der Waals surface area contributed by atoms with Crippen molar-refractivity contribution in [1.29, 1.82) is 0 Å². The number of anilines is 4. The molecule has 49 heavy (non-hydrogen) atoms. The summed E-state index contributed by atoms with van der Waals surface area (Å²) in [5.41, 5.74) is 2.46. The highest BCUT2D eigenvalue weighted by Gasteiger charge is 2.36. The summed E-state index contributed by atoms with van der Waals surface area (Å²) in [5.74, 6) is 1.38. The van der Waals surface area contributed by atoms with Crippen LogP contribution in [-0.4, -0.2) is 130 Å². The van der Waals surface area contributed by atoms with Crippen molar-refractivity contribution in [2.24, 2.45) is 0 Å². The van der Waals surface area contributed by atoms with Gasteiger partial charge in [-0.3, -0.25) is 9.69 Å². The van der Waals surface area contributed by atoms with Gasteiger partial charge >= 0.3 is 6.03 Å². The molecule has 4 N–H and O–H groups in total. The van der Waals surface area contributed by atoms with Gasteiger partial charge in [0.15, 0.2) is 5.82 Å². The molecular formula is C35H47N9O5. The summed E-state index contributed by atoms with van der Waals surface area (Å²) in [6.45, 7) is 11.1. The number of aliphatic hydroxyl groups excluding tert-OH is 2.